The van der Waals surface area contributed by atoms with Gasteiger partial charge in [0.1, 0.15) is 10.8 Å². The van der Waals surface area contributed by atoms with E-state index in [2.05, 4.69) is 36.9 Å². The van der Waals surface area contributed by atoms with Gasteiger partial charge in [0.15, 0.2) is 0 Å². The molecular formula is C17H21BrN4OS. The van der Waals surface area contributed by atoms with E-state index in [0.717, 1.165) is 15.0 Å². The number of carbonyl (C=O) groups excluding carboxylic acids is 1. The third kappa shape index (κ3) is 4.13. The molecule has 7 heteroatoms. The fraction of sp³-hybridized carbons (Fsp3) is 0.471. The molecule has 2 amide bonds. The highest BCUT2D eigenvalue weighted by Gasteiger charge is 2.19. The zero-order valence-electron chi connectivity index (χ0n) is 13.6. The quantitative estimate of drug-likeness (QED) is 0.733. The minimum absolute atomic E-state index is 0.250. The first-order valence-corrected chi connectivity index (χ1v) is 10.0. The molecule has 2 aromatic heterocycles. The fourth-order valence-electron chi connectivity index (χ4n) is 2.99. The first kappa shape index (κ1) is 17.4. The number of hydrogen-bond acceptors (Lipinski definition) is 4. The summed E-state index contributed by atoms with van der Waals surface area (Å²) in [5.41, 5.74) is 2.17. The molecule has 2 heterocycles. The minimum atomic E-state index is -0.250. The zero-order chi connectivity index (χ0) is 16.9. The minimum Gasteiger partial charge on any atom is -0.338 e. The number of pyridine rings is 1. The first-order chi connectivity index (χ1) is 11.7. The Morgan fingerprint density at radius 3 is 2.92 bits per heavy atom. The molecule has 128 valence electrons. The van der Waals surface area contributed by atoms with E-state index in [0.29, 0.717) is 18.3 Å². The van der Waals surface area contributed by atoms with Crippen LogP contribution in [0.1, 0.15) is 50.6 Å². The highest BCUT2D eigenvalue weighted by Crippen LogP contribution is 2.37. The van der Waals surface area contributed by atoms with Crippen molar-refractivity contribution in [1.82, 2.24) is 15.3 Å². The van der Waals surface area contributed by atoms with Gasteiger partial charge >= 0.3 is 6.03 Å². The Balaban J connectivity index is 1.80. The number of thiazole rings is 1. The maximum absolute atomic E-state index is 11.7. The molecule has 0 bridgehead atoms. The van der Waals surface area contributed by atoms with Gasteiger partial charge in [-0.2, -0.15) is 0 Å². The summed E-state index contributed by atoms with van der Waals surface area (Å²) in [5.74, 6) is 1.12. The number of aromatic nitrogens is 2. The van der Waals surface area contributed by atoms with Crippen LogP contribution in [0, 0.1) is 0 Å². The van der Waals surface area contributed by atoms with Crippen molar-refractivity contribution >= 4 is 39.1 Å². The largest absolute Gasteiger partial charge is 0.338 e. The number of nitrogens with one attached hydrogen (secondary N) is 2. The SMILES string of the molecule is CCNC(=O)Nc1cc(-c2nc(C3CCCCC3)cs2)c(Br)cn1. The molecule has 0 aromatic carbocycles. The monoisotopic (exact) mass is 408 g/mol. The fourth-order valence-corrected chi connectivity index (χ4v) is 4.46. The number of hydrogen-bond donors (Lipinski definition) is 2. The van der Waals surface area contributed by atoms with Crippen LogP contribution in [-0.4, -0.2) is 22.5 Å². The number of halogens is 1. The predicted octanol–water partition coefficient (Wildman–Crippen LogP) is 5.16. The lowest BCUT2D eigenvalue weighted by Gasteiger charge is -2.19. The highest BCUT2D eigenvalue weighted by molar-refractivity contribution is 9.10. The van der Waals surface area contributed by atoms with Gasteiger partial charge in [-0.25, -0.2) is 14.8 Å². The molecule has 0 unspecified atom stereocenters. The summed E-state index contributed by atoms with van der Waals surface area (Å²) in [6.45, 7) is 2.45. The second kappa shape index (κ2) is 8.07. The molecule has 1 fully saturated rings. The van der Waals surface area contributed by atoms with Gasteiger partial charge in [-0.15, -0.1) is 11.3 Å². The van der Waals surface area contributed by atoms with Gasteiger partial charge in [0.05, 0.1) is 5.69 Å². The Morgan fingerprint density at radius 2 is 2.17 bits per heavy atom. The zero-order valence-corrected chi connectivity index (χ0v) is 16.0. The third-order valence-corrected chi connectivity index (χ3v) is 5.74. The highest BCUT2D eigenvalue weighted by atomic mass is 79.9. The molecule has 0 aliphatic heterocycles. The number of carbonyl (C=O) groups is 1. The molecule has 1 aliphatic carbocycles. The molecule has 3 rings (SSSR count). The Kier molecular flexibility index (Phi) is 5.84. The van der Waals surface area contributed by atoms with E-state index in [9.17, 15) is 4.79 Å². The lowest BCUT2D eigenvalue weighted by molar-refractivity contribution is 0.252. The van der Waals surface area contributed by atoms with Crippen LogP contribution in [-0.2, 0) is 0 Å². The summed E-state index contributed by atoms with van der Waals surface area (Å²) >= 11 is 5.20. The van der Waals surface area contributed by atoms with E-state index in [1.165, 1.54) is 37.8 Å². The number of urea groups is 1. The molecule has 0 atom stereocenters. The smallest absolute Gasteiger partial charge is 0.320 e. The standard InChI is InChI=1S/C17H21BrN4OS/c1-2-19-17(23)22-15-8-12(13(18)9-20-15)16-21-14(10-24-16)11-6-4-3-5-7-11/h8-11H,2-7H2,1H3,(H2,19,20,22,23). The molecule has 0 radical (unpaired) electrons. The number of anilines is 1. The summed E-state index contributed by atoms with van der Waals surface area (Å²) in [6, 6.07) is 1.61. The number of rotatable bonds is 4. The van der Waals surface area contributed by atoms with Crippen molar-refractivity contribution in [2.75, 3.05) is 11.9 Å². The third-order valence-electron chi connectivity index (χ3n) is 4.21. The average Bonchev–Trinajstić information content (AvgIpc) is 3.07. The first-order valence-electron chi connectivity index (χ1n) is 8.33. The Morgan fingerprint density at radius 1 is 1.38 bits per heavy atom. The lowest BCUT2D eigenvalue weighted by atomic mass is 9.87. The van der Waals surface area contributed by atoms with Crippen molar-refractivity contribution in [3.8, 4) is 10.6 Å². The van der Waals surface area contributed by atoms with E-state index < -0.39 is 0 Å². The summed E-state index contributed by atoms with van der Waals surface area (Å²) < 4.78 is 0.883. The van der Waals surface area contributed by atoms with E-state index in [1.54, 1.807) is 17.5 Å². The molecule has 0 saturated heterocycles. The molecule has 5 nitrogen and oxygen atoms in total. The van der Waals surface area contributed by atoms with Crippen LogP contribution in [0.3, 0.4) is 0 Å². The maximum atomic E-state index is 11.7. The van der Waals surface area contributed by atoms with Gasteiger partial charge in [-0.1, -0.05) is 19.3 Å². The van der Waals surface area contributed by atoms with Crippen molar-refractivity contribution in [3.05, 3.63) is 27.8 Å². The van der Waals surface area contributed by atoms with E-state index >= 15 is 0 Å². The normalized spacial score (nSPS) is 15.2. The average molecular weight is 409 g/mol. The number of amides is 2. The molecular weight excluding hydrogens is 388 g/mol. The predicted molar refractivity (Wildman–Crippen MR) is 102 cm³/mol. The van der Waals surface area contributed by atoms with Gasteiger partial charge in [-0.3, -0.25) is 5.32 Å². The van der Waals surface area contributed by atoms with Gasteiger partial charge in [-0.05, 0) is 41.8 Å². The number of nitrogens with zero attached hydrogens (tertiary/aromatic N) is 2. The van der Waals surface area contributed by atoms with Crippen molar-refractivity contribution in [2.24, 2.45) is 0 Å². The van der Waals surface area contributed by atoms with Crippen LogP contribution >= 0.6 is 27.3 Å². The molecule has 2 N–H and O–H groups in total. The van der Waals surface area contributed by atoms with Crippen molar-refractivity contribution < 1.29 is 4.79 Å². The summed E-state index contributed by atoms with van der Waals surface area (Å²) in [5, 5.41) is 8.58. The van der Waals surface area contributed by atoms with Crippen LogP contribution in [0.2, 0.25) is 0 Å². The van der Waals surface area contributed by atoms with Crippen LogP contribution in [0.15, 0.2) is 22.1 Å². The lowest BCUT2D eigenvalue weighted by Crippen LogP contribution is -2.28. The van der Waals surface area contributed by atoms with Gasteiger partial charge in [0.2, 0.25) is 0 Å². The van der Waals surface area contributed by atoms with Crippen molar-refractivity contribution in [1.29, 1.82) is 0 Å². The van der Waals surface area contributed by atoms with Crippen LogP contribution in [0.5, 0.6) is 0 Å². The van der Waals surface area contributed by atoms with Gasteiger partial charge in [0.25, 0.3) is 0 Å². The van der Waals surface area contributed by atoms with E-state index in [-0.39, 0.29) is 6.03 Å². The Labute approximate surface area is 154 Å². The molecule has 24 heavy (non-hydrogen) atoms. The van der Waals surface area contributed by atoms with Gasteiger partial charge in [0, 0.05) is 34.1 Å². The topological polar surface area (TPSA) is 66.9 Å². The Bertz CT molecular complexity index is 712. The maximum Gasteiger partial charge on any atom is 0.320 e. The van der Waals surface area contributed by atoms with Crippen LogP contribution in [0.4, 0.5) is 10.6 Å². The molecule has 2 aromatic rings. The summed E-state index contributed by atoms with van der Waals surface area (Å²) in [6.07, 6.45) is 8.14. The molecule has 0 spiro atoms. The summed E-state index contributed by atoms with van der Waals surface area (Å²) in [7, 11) is 0. The van der Waals surface area contributed by atoms with E-state index in [1.807, 2.05) is 13.0 Å². The van der Waals surface area contributed by atoms with E-state index in [4.69, 9.17) is 4.98 Å². The van der Waals surface area contributed by atoms with Crippen LogP contribution < -0.4 is 10.6 Å². The second-order valence-corrected chi connectivity index (χ2v) is 7.66. The Hall–Kier alpha value is -1.47. The molecule has 1 aliphatic rings. The van der Waals surface area contributed by atoms with Gasteiger partial charge < -0.3 is 5.32 Å². The van der Waals surface area contributed by atoms with Crippen molar-refractivity contribution in [3.63, 3.8) is 0 Å². The summed E-state index contributed by atoms with van der Waals surface area (Å²) in [4.78, 5) is 20.8. The van der Waals surface area contributed by atoms with Crippen LogP contribution in [0.25, 0.3) is 10.6 Å². The second-order valence-electron chi connectivity index (χ2n) is 5.95. The molecule has 1 saturated carbocycles. The van der Waals surface area contributed by atoms with Crippen molar-refractivity contribution in [2.45, 2.75) is 44.9 Å².